The van der Waals surface area contributed by atoms with Gasteiger partial charge in [-0.05, 0) is 33.2 Å². The SMILES string of the molecule is CCCCCCCCCCCCCCCCC(CCN)C(=O)N(CC)CC. The van der Waals surface area contributed by atoms with Crippen molar-refractivity contribution in [2.75, 3.05) is 19.6 Å². The normalized spacial score (nSPS) is 12.3. The minimum absolute atomic E-state index is 0.146. The lowest BCUT2D eigenvalue weighted by atomic mass is 9.95. The third-order valence-electron chi connectivity index (χ3n) is 5.85. The van der Waals surface area contributed by atoms with Crippen molar-refractivity contribution in [3.8, 4) is 0 Å². The molecule has 0 aliphatic carbocycles. The molecule has 0 saturated carbocycles. The van der Waals surface area contributed by atoms with Crippen molar-refractivity contribution in [2.24, 2.45) is 11.7 Å². The molecule has 0 aromatic rings. The van der Waals surface area contributed by atoms with Gasteiger partial charge in [-0.15, -0.1) is 0 Å². The molecule has 0 spiro atoms. The van der Waals surface area contributed by atoms with Crippen LogP contribution in [0.1, 0.15) is 124 Å². The van der Waals surface area contributed by atoms with E-state index in [1.54, 1.807) is 0 Å². The standard InChI is InChI=1S/C24H50N2O/c1-4-7-8-9-10-11-12-13-14-15-16-17-18-19-20-23(21-22-25)24(27)26(5-2)6-3/h23H,4-22,25H2,1-3H3. The number of carbonyl (C=O) groups excluding carboxylic acids is 1. The van der Waals surface area contributed by atoms with Crippen LogP contribution >= 0.6 is 0 Å². The van der Waals surface area contributed by atoms with E-state index in [4.69, 9.17) is 5.73 Å². The van der Waals surface area contributed by atoms with E-state index in [1.165, 1.54) is 89.9 Å². The highest BCUT2D eigenvalue weighted by Gasteiger charge is 2.21. The summed E-state index contributed by atoms with van der Waals surface area (Å²) < 4.78 is 0. The number of carbonyl (C=O) groups is 1. The van der Waals surface area contributed by atoms with Gasteiger partial charge in [-0.3, -0.25) is 4.79 Å². The van der Waals surface area contributed by atoms with E-state index in [-0.39, 0.29) is 5.92 Å². The summed E-state index contributed by atoms with van der Waals surface area (Å²) in [6.45, 7) is 8.66. The highest BCUT2D eigenvalue weighted by atomic mass is 16.2. The van der Waals surface area contributed by atoms with Gasteiger partial charge in [0.1, 0.15) is 0 Å². The van der Waals surface area contributed by atoms with Crippen LogP contribution in [0, 0.1) is 5.92 Å². The number of hydrogen-bond donors (Lipinski definition) is 1. The molecule has 3 heteroatoms. The van der Waals surface area contributed by atoms with Gasteiger partial charge in [0.2, 0.25) is 5.91 Å². The van der Waals surface area contributed by atoms with Gasteiger partial charge in [-0.2, -0.15) is 0 Å². The molecule has 1 amide bonds. The second kappa shape index (κ2) is 20.2. The molecule has 0 radical (unpaired) electrons. The summed E-state index contributed by atoms with van der Waals surface area (Å²) in [5, 5.41) is 0. The van der Waals surface area contributed by atoms with Crippen LogP contribution in [0.4, 0.5) is 0 Å². The number of nitrogens with zero attached hydrogens (tertiary/aromatic N) is 1. The van der Waals surface area contributed by atoms with Crippen LogP contribution in [0.3, 0.4) is 0 Å². The molecular weight excluding hydrogens is 332 g/mol. The first-order valence-electron chi connectivity index (χ1n) is 12.2. The van der Waals surface area contributed by atoms with Crippen LogP contribution in [-0.4, -0.2) is 30.4 Å². The van der Waals surface area contributed by atoms with Crippen molar-refractivity contribution in [1.29, 1.82) is 0 Å². The molecule has 0 fully saturated rings. The number of hydrogen-bond acceptors (Lipinski definition) is 2. The van der Waals surface area contributed by atoms with Crippen molar-refractivity contribution in [3.63, 3.8) is 0 Å². The Kier molecular flexibility index (Phi) is 19.7. The molecule has 0 heterocycles. The zero-order chi connectivity index (χ0) is 20.2. The first-order chi connectivity index (χ1) is 13.2. The van der Waals surface area contributed by atoms with Gasteiger partial charge in [-0.1, -0.05) is 96.8 Å². The molecule has 0 saturated heterocycles. The number of amides is 1. The molecule has 0 rings (SSSR count). The minimum atomic E-state index is 0.146. The highest BCUT2D eigenvalue weighted by molar-refractivity contribution is 5.78. The molecule has 0 aromatic heterocycles. The summed E-state index contributed by atoms with van der Waals surface area (Å²) >= 11 is 0. The average Bonchev–Trinajstić information content (AvgIpc) is 2.68. The molecule has 0 aliphatic rings. The summed E-state index contributed by atoms with van der Waals surface area (Å²) in [6, 6.07) is 0. The van der Waals surface area contributed by atoms with Crippen molar-refractivity contribution < 1.29 is 4.79 Å². The van der Waals surface area contributed by atoms with Crippen molar-refractivity contribution >= 4 is 5.91 Å². The molecular formula is C24H50N2O. The second-order valence-corrected chi connectivity index (χ2v) is 8.17. The molecule has 1 unspecified atom stereocenters. The summed E-state index contributed by atoms with van der Waals surface area (Å²) in [4.78, 5) is 14.5. The number of unbranched alkanes of at least 4 members (excludes halogenated alkanes) is 13. The fourth-order valence-electron chi connectivity index (χ4n) is 3.97. The maximum atomic E-state index is 12.5. The average molecular weight is 383 g/mol. The van der Waals surface area contributed by atoms with E-state index in [0.717, 1.165) is 25.9 Å². The van der Waals surface area contributed by atoms with E-state index in [0.29, 0.717) is 12.5 Å². The van der Waals surface area contributed by atoms with Crippen molar-refractivity contribution in [1.82, 2.24) is 4.90 Å². The quantitative estimate of drug-likeness (QED) is 0.238. The lowest BCUT2D eigenvalue weighted by Gasteiger charge is -2.25. The summed E-state index contributed by atoms with van der Waals surface area (Å²) in [7, 11) is 0. The highest BCUT2D eigenvalue weighted by Crippen LogP contribution is 2.18. The van der Waals surface area contributed by atoms with Crippen LogP contribution in [0.15, 0.2) is 0 Å². The Morgan fingerprint density at radius 1 is 0.667 bits per heavy atom. The lowest BCUT2D eigenvalue weighted by Crippen LogP contribution is -2.36. The zero-order valence-corrected chi connectivity index (χ0v) is 18.9. The van der Waals surface area contributed by atoms with E-state index in [1.807, 2.05) is 4.90 Å². The molecule has 0 aromatic carbocycles. The Balaban J connectivity index is 3.56. The van der Waals surface area contributed by atoms with Gasteiger partial charge < -0.3 is 10.6 Å². The summed E-state index contributed by atoms with van der Waals surface area (Å²) in [6.07, 6.45) is 21.2. The van der Waals surface area contributed by atoms with E-state index in [9.17, 15) is 4.79 Å². The Morgan fingerprint density at radius 3 is 1.44 bits per heavy atom. The van der Waals surface area contributed by atoms with Crippen LogP contribution in [0.2, 0.25) is 0 Å². The van der Waals surface area contributed by atoms with Gasteiger partial charge >= 0.3 is 0 Å². The van der Waals surface area contributed by atoms with E-state index in [2.05, 4.69) is 20.8 Å². The topological polar surface area (TPSA) is 46.3 Å². The van der Waals surface area contributed by atoms with Crippen LogP contribution in [-0.2, 0) is 4.79 Å². The van der Waals surface area contributed by atoms with Gasteiger partial charge in [-0.25, -0.2) is 0 Å². The molecule has 0 bridgehead atoms. The first-order valence-corrected chi connectivity index (χ1v) is 12.2. The predicted molar refractivity (Wildman–Crippen MR) is 120 cm³/mol. The number of nitrogens with two attached hydrogens (primary N) is 1. The largest absolute Gasteiger partial charge is 0.343 e. The first kappa shape index (κ1) is 26.4. The fourth-order valence-corrected chi connectivity index (χ4v) is 3.97. The summed E-state index contributed by atoms with van der Waals surface area (Å²) in [5.41, 5.74) is 5.73. The molecule has 3 nitrogen and oxygen atoms in total. The van der Waals surface area contributed by atoms with Crippen LogP contribution in [0.5, 0.6) is 0 Å². The Labute approximate surface area is 170 Å². The predicted octanol–water partition coefficient (Wildman–Crippen LogP) is 6.69. The molecule has 0 aliphatic heterocycles. The Bertz CT molecular complexity index is 316. The van der Waals surface area contributed by atoms with Crippen LogP contribution in [0.25, 0.3) is 0 Å². The maximum Gasteiger partial charge on any atom is 0.225 e. The monoisotopic (exact) mass is 382 g/mol. The van der Waals surface area contributed by atoms with Gasteiger partial charge in [0.25, 0.3) is 0 Å². The number of rotatable bonds is 20. The molecule has 2 N–H and O–H groups in total. The zero-order valence-electron chi connectivity index (χ0n) is 18.9. The third kappa shape index (κ3) is 15.1. The third-order valence-corrected chi connectivity index (χ3v) is 5.85. The summed E-state index contributed by atoms with van der Waals surface area (Å²) in [5.74, 6) is 0.465. The minimum Gasteiger partial charge on any atom is -0.343 e. The molecule has 1 atom stereocenters. The lowest BCUT2D eigenvalue weighted by molar-refractivity contribution is -0.135. The molecule has 162 valence electrons. The van der Waals surface area contributed by atoms with Gasteiger partial charge in [0.05, 0.1) is 0 Å². The Morgan fingerprint density at radius 2 is 1.07 bits per heavy atom. The Hall–Kier alpha value is -0.570. The molecule has 27 heavy (non-hydrogen) atoms. The van der Waals surface area contributed by atoms with E-state index < -0.39 is 0 Å². The second-order valence-electron chi connectivity index (χ2n) is 8.17. The maximum absolute atomic E-state index is 12.5. The van der Waals surface area contributed by atoms with Crippen molar-refractivity contribution in [3.05, 3.63) is 0 Å². The van der Waals surface area contributed by atoms with Crippen LogP contribution < -0.4 is 5.73 Å². The van der Waals surface area contributed by atoms with Crippen molar-refractivity contribution in [2.45, 2.75) is 124 Å². The van der Waals surface area contributed by atoms with Gasteiger partial charge in [0.15, 0.2) is 0 Å². The van der Waals surface area contributed by atoms with E-state index >= 15 is 0 Å². The van der Waals surface area contributed by atoms with Gasteiger partial charge in [0, 0.05) is 19.0 Å². The fraction of sp³-hybridized carbons (Fsp3) is 0.958. The smallest absolute Gasteiger partial charge is 0.225 e.